The van der Waals surface area contributed by atoms with Crippen LogP contribution in [0.1, 0.15) is 18.1 Å². The molecule has 1 N–H and O–H groups in total. The first-order chi connectivity index (χ1) is 9.67. The standard InChI is InChI=1S/C16H20FN3/c1-3-18-16-10-14(8-9-19-16)12-20(2)11-13-4-6-15(17)7-5-13/h4-10H,3,11-12H2,1-2H3,(H,18,19). The second-order valence-electron chi connectivity index (χ2n) is 4.88. The number of halogens is 1. The molecule has 1 heterocycles. The van der Waals surface area contributed by atoms with Gasteiger partial charge in [0, 0.05) is 25.8 Å². The largest absolute Gasteiger partial charge is 0.370 e. The minimum Gasteiger partial charge on any atom is -0.370 e. The summed E-state index contributed by atoms with van der Waals surface area (Å²) in [6.07, 6.45) is 1.82. The van der Waals surface area contributed by atoms with Crippen molar-refractivity contribution in [3.05, 3.63) is 59.5 Å². The van der Waals surface area contributed by atoms with Crippen molar-refractivity contribution in [3.8, 4) is 0 Å². The van der Waals surface area contributed by atoms with Gasteiger partial charge in [-0.3, -0.25) is 4.90 Å². The molecule has 2 rings (SSSR count). The molecule has 0 aliphatic rings. The van der Waals surface area contributed by atoms with Gasteiger partial charge in [-0.2, -0.15) is 0 Å². The van der Waals surface area contributed by atoms with Crippen molar-refractivity contribution in [1.29, 1.82) is 0 Å². The summed E-state index contributed by atoms with van der Waals surface area (Å²) in [6.45, 7) is 4.54. The van der Waals surface area contributed by atoms with Crippen LogP contribution < -0.4 is 5.32 Å². The highest BCUT2D eigenvalue weighted by molar-refractivity contribution is 5.37. The van der Waals surface area contributed by atoms with Gasteiger partial charge >= 0.3 is 0 Å². The molecule has 4 heteroatoms. The molecule has 0 aliphatic heterocycles. The van der Waals surface area contributed by atoms with Crippen LogP contribution in [0.15, 0.2) is 42.6 Å². The summed E-state index contributed by atoms with van der Waals surface area (Å²) < 4.78 is 12.9. The average molecular weight is 273 g/mol. The molecule has 0 spiro atoms. The molecule has 0 fully saturated rings. The first kappa shape index (κ1) is 14.5. The zero-order valence-electron chi connectivity index (χ0n) is 11.9. The SMILES string of the molecule is CCNc1cc(CN(C)Cc2ccc(F)cc2)ccn1. The third-order valence-corrected chi connectivity index (χ3v) is 3.00. The predicted molar refractivity (Wildman–Crippen MR) is 80.0 cm³/mol. The number of anilines is 1. The number of rotatable bonds is 6. The summed E-state index contributed by atoms with van der Waals surface area (Å²) in [5, 5.41) is 3.21. The van der Waals surface area contributed by atoms with Crippen LogP contribution in [0.5, 0.6) is 0 Å². The fraction of sp³-hybridized carbons (Fsp3) is 0.312. The third kappa shape index (κ3) is 4.31. The number of hydrogen-bond donors (Lipinski definition) is 1. The Bertz CT molecular complexity index is 540. The molecule has 0 radical (unpaired) electrons. The Labute approximate surface area is 119 Å². The van der Waals surface area contributed by atoms with E-state index in [4.69, 9.17) is 0 Å². The monoisotopic (exact) mass is 273 g/mol. The minimum absolute atomic E-state index is 0.194. The molecule has 0 saturated carbocycles. The zero-order valence-corrected chi connectivity index (χ0v) is 11.9. The molecule has 2 aromatic rings. The molecule has 1 aromatic carbocycles. The van der Waals surface area contributed by atoms with Crippen molar-refractivity contribution in [2.75, 3.05) is 18.9 Å². The van der Waals surface area contributed by atoms with E-state index in [2.05, 4.69) is 35.2 Å². The Morgan fingerprint density at radius 3 is 2.50 bits per heavy atom. The van der Waals surface area contributed by atoms with Gasteiger partial charge in [0.25, 0.3) is 0 Å². The summed E-state index contributed by atoms with van der Waals surface area (Å²) in [7, 11) is 2.05. The highest BCUT2D eigenvalue weighted by Crippen LogP contribution is 2.11. The first-order valence-corrected chi connectivity index (χ1v) is 6.79. The highest BCUT2D eigenvalue weighted by Gasteiger charge is 2.03. The number of nitrogens with one attached hydrogen (secondary N) is 1. The quantitative estimate of drug-likeness (QED) is 0.875. The Kier molecular flexibility index (Phi) is 5.07. The van der Waals surface area contributed by atoms with Crippen LogP contribution in [0.3, 0.4) is 0 Å². The zero-order chi connectivity index (χ0) is 14.4. The Morgan fingerprint density at radius 2 is 1.80 bits per heavy atom. The van der Waals surface area contributed by atoms with E-state index in [0.717, 1.165) is 31.0 Å². The molecule has 0 unspecified atom stereocenters. The Hall–Kier alpha value is -1.94. The summed E-state index contributed by atoms with van der Waals surface area (Å²) in [6, 6.07) is 10.7. The van der Waals surface area contributed by atoms with Gasteiger partial charge in [-0.05, 0) is 49.4 Å². The van der Waals surface area contributed by atoms with Gasteiger partial charge in [-0.1, -0.05) is 12.1 Å². The lowest BCUT2D eigenvalue weighted by Crippen LogP contribution is -2.17. The van der Waals surface area contributed by atoms with E-state index in [1.54, 1.807) is 0 Å². The van der Waals surface area contributed by atoms with Crippen LogP contribution in [0.2, 0.25) is 0 Å². The molecule has 0 amide bonds. The van der Waals surface area contributed by atoms with E-state index in [1.807, 2.05) is 24.4 Å². The van der Waals surface area contributed by atoms with E-state index in [9.17, 15) is 4.39 Å². The molecule has 1 aromatic heterocycles. The van der Waals surface area contributed by atoms with Crippen molar-refractivity contribution < 1.29 is 4.39 Å². The molecule has 3 nitrogen and oxygen atoms in total. The van der Waals surface area contributed by atoms with Gasteiger partial charge in [0.05, 0.1) is 0 Å². The van der Waals surface area contributed by atoms with E-state index >= 15 is 0 Å². The van der Waals surface area contributed by atoms with Crippen LogP contribution >= 0.6 is 0 Å². The minimum atomic E-state index is -0.194. The molecule has 0 bridgehead atoms. The van der Waals surface area contributed by atoms with Gasteiger partial charge in [-0.25, -0.2) is 9.37 Å². The van der Waals surface area contributed by atoms with Crippen LogP contribution in [-0.4, -0.2) is 23.5 Å². The van der Waals surface area contributed by atoms with Crippen molar-refractivity contribution in [2.24, 2.45) is 0 Å². The number of nitrogens with zero attached hydrogens (tertiary/aromatic N) is 2. The van der Waals surface area contributed by atoms with E-state index in [1.165, 1.54) is 17.7 Å². The van der Waals surface area contributed by atoms with Crippen LogP contribution in [0, 0.1) is 5.82 Å². The Morgan fingerprint density at radius 1 is 1.10 bits per heavy atom. The van der Waals surface area contributed by atoms with E-state index in [-0.39, 0.29) is 5.82 Å². The normalized spacial score (nSPS) is 10.8. The Balaban J connectivity index is 1.95. The average Bonchev–Trinajstić information content (AvgIpc) is 2.42. The van der Waals surface area contributed by atoms with Crippen LogP contribution in [0.25, 0.3) is 0 Å². The van der Waals surface area contributed by atoms with Gasteiger partial charge < -0.3 is 5.32 Å². The van der Waals surface area contributed by atoms with E-state index in [0.29, 0.717) is 0 Å². The highest BCUT2D eigenvalue weighted by atomic mass is 19.1. The fourth-order valence-electron chi connectivity index (χ4n) is 2.12. The molecule has 0 aliphatic carbocycles. The van der Waals surface area contributed by atoms with Gasteiger partial charge in [-0.15, -0.1) is 0 Å². The second-order valence-corrected chi connectivity index (χ2v) is 4.88. The maximum absolute atomic E-state index is 12.9. The molecule has 0 atom stereocenters. The summed E-state index contributed by atoms with van der Waals surface area (Å²) in [5.74, 6) is 0.709. The van der Waals surface area contributed by atoms with E-state index < -0.39 is 0 Å². The molecule has 106 valence electrons. The van der Waals surface area contributed by atoms with Crippen molar-refractivity contribution in [2.45, 2.75) is 20.0 Å². The third-order valence-electron chi connectivity index (χ3n) is 3.00. The molecular formula is C16H20FN3. The van der Waals surface area contributed by atoms with Gasteiger partial charge in [0.15, 0.2) is 0 Å². The first-order valence-electron chi connectivity index (χ1n) is 6.79. The van der Waals surface area contributed by atoms with Gasteiger partial charge in [0.1, 0.15) is 11.6 Å². The number of aromatic nitrogens is 1. The molecule has 20 heavy (non-hydrogen) atoms. The fourth-order valence-corrected chi connectivity index (χ4v) is 2.12. The second kappa shape index (κ2) is 7.01. The van der Waals surface area contributed by atoms with Crippen LogP contribution in [-0.2, 0) is 13.1 Å². The summed E-state index contributed by atoms with van der Waals surface area (Å²) in [4.78, 5) is 6.45. The van der Waals surface area contributed by atoms with Crippen molar-refractivity contribution in [1.82, 2.24) is 9.88 Å². The maximum Gasteiger partial charge on any atom is 0.126 e. The summed E-state index contributed by atoms with van der Waals surface area (Å²) >= 11 is 0. The smallest absolute Gasteiger partial charge is 0.126 e. The van der Waals surface area contributed by atoms with Crippen molar-refractivity contribution >= 4 is 5.82 Å². The lowest BCUT2D eigenvalue weighted by atomic mass is 10.2. The topological polar surface area (TPSA) is 28.2 Å². The molecule has 0 saturated heterocycles. The predicted octanol–water partition coefficient (Wildman–Crippen LogP) is 3.28. The lowest BCUT2D eigenvalue weighted by molar-refractivity contribution is 0.319. The van der Waals surface area contributed by atoms with Crippen molar-refractivity contribution in [3.63, 3.8) is 0 Å². The van der Waals surface area contributed by atoms with Gasteiger partial charge in [0.2, 0.25) is 0 Å². The maximum atomic E-state index is 12.9. The lowest BCUT2D eigenvalue weighted by Gasteiger charge is -2.17. The number of benzene rings is 1. The number of pyridine rings is 1. The van der Waals surface area contributed by atoms with Crippen LogP contribution in [0.4, 0.5) is 10.2 Å². The summed E-state index contributed by atoms with van der Waals surface area (Å²) in [5.41, 5.74) is 2.32. The molecular weight excluding hydrogens is 253 g/mol. The number of hydrogen-bond acceptors (Lipinski definition) is 3.